The molecule has 1 saturated heterocycles. The van der Waals surface area contributed by atoms with Gasteiger partial charge in [0.1, 0.15) is 18.2 Å². The molecule has 132 valence electrons. The molecule has 0 bridgehead atoms. The van der Waals surface area contributed by atoms with Gasteiger partial charge in [-0.25, -0.2) is 13.6 Å². The van der Waals surface area contributed by atoms with Gasteiger partial charge in [-0.15, -0.1) is 0 Å². The van der Waals surface area contributed by atoms with Crippen molar-refractivity contribution in [3.05, 3.63) is 59.7 Å². The van der Waals surface area contributed by atoms with Gasteiger partial charge in [0.05, 0.1) is 18.8 Å². The monoisotopic (exact) mass is 346 g/mol. The zero-order chi connectivity index (χ0) is 17.6. The molecule has 1 fully saturated rings. The number of urea groups is 1. The third kappa shape index (κ3) is 5.00. The van der Waals surface area contributed by atoms with Crippen LogP contribution in [-0.2, 0) is 6.54 Å². The number of rotatable bonds is 4. The Balaban J connectivity index is 1.54. The number of quaternary nitrogens is 1. The minimum atomic E-state index is -0.810. The highest BCUT2D eigenvalue weighted by Gasteiger charge is 2.14. The molecule has 2 amide bonds. The van der Waals surface area contributed by atoms with Crippen molar-refractivity contribution < 1.29 is 18.5 Å². The van der Waals surface area contributed by atoms with Gasteiger partial charge >= 0.3 is 6.03 Å². The molecule has 2 aromatic carbocycles. The van der Waals surface area contributed by atoms with E-state index < -0.39 is 17.7 Å². The summed E-state index contributed by atoms with van der Waals surface area (Å²) < 4.78 is 26.4. The van der Waals surface area contributed by atoms with Crippen LogP contribution in [0.2, 0.25) is 0 Å². The molecule has 0 spiro atoms. The lowest BCUT2D eigenvalue weighted by atomic mass is 10.1. The zero-order valence-corrected chi connectivity index (χ0v) is 13.9. The van der Waals surface area contributed by atoms with Gasteiger partial charge in [-0.05, 0) is 43.5 Å². The summed E-state index contributed by atoms with van der Waals surface area (Å²) >= 11 is 0. The molecule has 1 heterocycles. The van der Waals surface area contributed by atoms with Gasteiger partial charge in [0, 0.05) is 17.3 Å². The molecule has 0 atom stereocenters. The lowest BCUT2D eigenvalue weighted by Crippen LogP contribution is -3.11. The van der Waals surface area contributed by atoms with E-state index in [9.17, 15) is 13.6 Å². The number of piperidine rings is 1. The Morgan fingerprint density at radius 1 is 0.960 bits per heavy atom. The van der Waals surface area contributed by atoms with Crippen molar-refractivity contribution in [2.75, 3.05) is 23.7 Å². The standard InChI is InChI=1S/C19H21F2N3O/c20-15-6-9-18(17(21)12-15)23-19(25)22-16-7-4-14(5-8-16)13-24-10-2-1-3-11-24/h4-9,12H,1-3,10-11,13H2,(H2,22,23,25)/p+1. The Bertz CT molecular complexity index is 728. The Kier molecular flexibility index (Phi) is 5.60. The first-order valence-electron chi connectivity index (χ1n) is 8.56. The second-order valence-electron chi connectivity index (χ2n) is 6.39. The number of carbonyl (C=O) groups excluding carboxylic acids is 1. The van der Waals surface area contributed by atoms with Gasteiger partial charge in [0.15, 0.2) is 0 Å². The van der Waals surface area contributed by atoms with Crippen LogP contribution in [0.25, 0.3) is 0 Å². The Labute approximate surface area is 145 Å². The van der Waals surface area contributed by atoms with E-state index in [4.69, 9.17) is 0 Å². The minimum absolute atomic E-state index is 0.0655. The van der Waals surface area contributed by atoms with Crippen LogP contribution in [0.15, 0.2) is 42.5 Å². The number of hydrogen-bond acceptors (Lipinski definition) is 1. The smallest absolute Gasteiger partial charge is 0.323 e. The molecule has 0 aliphatic carbocycles. The van der Waals surface area contributed by atoms with E-state index in [1.54, 1.807) is 4.90 Å². The van der Waals surface area contributed by atoms with Crippen LogP contribution in [-0.4, -0.2) is 19.1 Å². The lowest BCUT2D eigenvalue weighted by molar-refractivity contribution is -0.918. The van der Waals surface area contributed by atoms with Crippen LogP contribution in [0.4, 0.5) is 25.0 Å². The van der Waals surface area contributed by atoms with Gasteiger partial charge in [-0.2, -0.15) is 0 Å². The lowest BCUT2D eigenvalue weighted by Gasteiger charge is -2.23. The van der Waals surface area contributed by atoms with Crippen molar-refractivity contribution in [2.45, 2.75) is 25.8 Å². The number of nitrogens with one attached hydrogen (secondary N) is 3. The maximum absolute atomic E-state index is 13.5. The topological polar surface area (TPSA) is 45.6 Å². The Hall–Kier alpha value is -2.47. The highest BCUT2D eigenvalue weighted by atomic mass is 19.1. The van der Waals surface area contributed by atoms with E-state index in [0.29, 0.717) is 5.69 Å². The fourth-order valence-corrected chi connectivity index (χ4v) is 3.10. The summed E-state index contributed by atoms with van der Waals surface area (Å²) in [4.78, 5) is 13.5. The second-order valence-corrected chi connectivity index (χ2v) is 6.39. The molecule has 1 aliphatic heterocycles. The van der Waals surface area contributed by atoms with Crippen LogP contribution in [0.3, 0.4) is 0 Å². The average molecular weight is 346 g/mol. The maximum Gasteiger partial charge on any atom is 0.323 e. The number of halogens is 2. The first-order chi connectivity index (χ1) is 12.1. The van der Waals surface area contributed by atoms with Crippen LogP contribution in [0.1, 0.15) is 24.8 Å². The fourth-order valence-electron chi connectivity index (χ4n) is 3.10. The quantitative estimate of drug-likeness (QED) is 0.782. The molecule has 1 aliphatic rings. The summed E-state index contributed by atoms with van der Waals surface area (Å²) in [6.45, 7) is 3.42. The molecular formula is C19H22F2N3O+. The molecule has 0 saturated carbocycles. The third-order valence-electron chi connectivity index (χ3n) is 4.41. The molecule has 6 heteroatoms. The van der Waals surface area contributed by atoms with Crippen molar-refractivity contribution in [1.82, 2.24) is 0 Å². The van der Waals surface area contributed by atoms with Gasteiger partial charge in [-0.3, -0.25) is 0 Å². The molecule has 3 N–H and O–H groups in total. The fraction of sp³-hybridized carbons (Fsp3) is 0.316. The molecule has 3 rings (SSSR count). The van der Waals surface area contributed by atoms with Gasteiger partial charge in [0.2, 0.25) is 0 Å². The van der Waals surface area contributed by atoms with Crippen LogP contribution in [0.5, 0.6) is 0 Å². The minimum Gasteiger partial charge on any atom is -0.331 e. The van der Waals surface area contributed by atoms with E-state index in [-0.39, 0.29) is 5.69 Å². The Morgan fingerprint density at radius 3 is 2.36 bits per heavy atom. The van der Waals surface area contributed by atoms with Crippen molar-refractivity contribution in [1.29, 1.82) is 0 Å². The summed E-state index contributed by atoms with van der Waals surface area (Å²) in [6, 6.07) is 10.1. The molecule has 25 heavy (non-hydrogen) atoms. The molecule has 0 radical (unpaired) electrons. The Morgan fingerprint density at radius 2 is 1.68 bits per heavy atom. The largest absolute Gasteiger partial charge is 0.331 e. The highest BCUT2D eigenvalue weighted by molar-refractivity contribution is 5.99. The molecule has 0 unspecified atom stereocenters. The molecular weight excluding hydrogens is 324 g/mol. The summed E-state index contributed by atoms with van der Waals surface area (Å²) in [5, 5.41) is 5.02. The third-order valence-corrected chi connectivity index (χ3v) is 4.41. The molecule has 2 aromatic rings. The van der Waals surface area contributed by atoms with Crippen LogP contribution < -0.4 is 15.5 Å². The number of likely N-dealkylation sites (tertiary alicyclic amines) is 1. The van der Waals surface area contributed by atoms with E-state index in [0.717, 1.165) is 18.7 Å². The van der Waals surface area contributed by atoms with E-state index in [1.165, 1.54) is 44.0 Å². The second kappa shape index (κ2) is 8.07. The van der Waals surface area contributed by atoms with Crippen LogP contribution in [0, 0.1) is 11.6 Å². The number of hydrogen-bond donors (Lipinski definition) is 3. The number of anilines is 2. The van der Waals surface area contributed by atoms with Crippen molar-refractivity contribution in [2.24, 2.45) is 0 Å². The van der Waals surface area contributed by atoms with Crippen molar-refractivity contribution in [3.63, 3.8) is 0 Å². The summed E-state index contributed by atoms with van der Waals surface area (Å²) in [7, 11) is 0. The van der Waals surface area contributed by atoms with E-state index >= 15 is 0 Å². The summed E-state index contributed by atoms with van der Waals surface area (Å²) in [5.41, 5.74) is 1.79. The van der Waals surface area contributed by atoms with Crippen molar-refractivity contribution in [3.8, 4) is 0 Å². The predicted molar refractivity (Wildman–Crippen MR) is 93.7 cm³/mol. The van der Waals surface area contributed by atoms with Gasteiger partial charge in [0.25, 0.3) is 0 Å². The number of carbonyl (C=O) groups is 1. The first-order valence-corrected chi connectivity index (χ1v) is 8.56. The van der Waals surface area contributed by atoms with E-state index in [1.807, 2.05) is 24.3 Å². The normalized spacial score (nSPS) is 15.0. The summed E-state index contributed by atoms with van der Waals surface area (Å²) in [6.07, 6.45) is 3.90. The summed E-state index contributed by atoms with van der Waals surface area (Å²) in [5.74, 6) is -1.50. The first kappa shape index (κ1) is 17.4. The molecule has 0 aromatic heterocycles. The van der Waals surface area contributed by atoms with Crippen LogP contribution >= 0.6 is 0 Å². The predicted octanol–water partition coefficient (Wildman–Crippen LogP) is 3.18. The van der Waals surface area contributed by atoms with E-state index in [2.05, 4.69) is 10.6 Å². The number of amides is 2. The number of benzene rings is 2. The van der Waals surface area contributed by atoms with Crippen molar-refractivity contribution >= 4 is 17.4 Å². The molecule has 4 nitrogen and oxygen atoms in total. The zero-order valence-electron chi connectivity index (χ0n) is 13.9. The SMILES string of the molecule is O=C(Nc1ccc(C[NH+]2CCCCC2)cc1)Nc1ccc(F)cc1F. The maximum atomic E-state index is 13.5. The van der Waals surface area contributed by atoms with Gasteiger partial charge in [-0.1, -0.05) is 12.1 Å². The van der Waals surface area contributed by atoms with Gasteiger partial charge < -0.3 is 15.5 Å². The average Bonchev–Trinajstić information content (AvgIpc) is 2.60. The highest BCUT2D eigenvalue weighted by Crippen LogP contribution is 2.16.